The van der Waals surface area contributed by atoms with Gasteiger partial charge in [-0.2, -0.15) is 0 Å². The van der Waals surface area contributed by atoms with Gasteiger partial charge in [-0.15, -0.1) is 0 Å². The molecule has 2 aliphatic heterocycles. The molecule has 1 aromatic carbocycles. The lowest BCUT2D eigenvalue weighted by molar-refractivity contribution is 0.0182. The summed E-state index contributed by atoms with van der Waals surface area (Å²) in [7, 11) is 2.28. The predicted octanol–water partition coefficient (Wildman–Crippen LogP) is 5.13. The largest absolute Gasteiger partial charge is 0.493 e. The third-order valence-corrected chi connectivity index (χ3v) is 6.41. The van der Waals surface area contributed by atoms with Crippen LogP contribution in [0.15, 0.2) is 18.2 Å². The van der Waals surface area contributed by atoms with E-state index in [1.165, 1.54) is 19.3 Å². The Morgan fingerprint density at radius 2 is 2.00 bits per heavy atom. The van der Waals surface area contributed by atoms with Crippen LogP contribution in [-0.4, -0.2) is 30.6 Å². The van der Waals surface area contributed by atoms with Crippen LogP contribution in [0.5, 0.6) is 5.75 Å². The summed E-state index contributed by atoms with van der Waals surface area (Å²) in [6.45, 7) is 5.46. The molecule has 0 N–H and O–H groups in total. The van der Waals surface area contributed by atoms with E-state index in [9.17, 15) is 0 Å². The number of nitrogens with zero attached hydrogens (tertiary/aromatic N) is 1. The van der Waals surface area contributed by atoms with Crippen LogP contribution in [0.4, 0.5) is 0 Å². The molecular weight excluding hydrogens is 317 g/mol. The number of piperidine rings is 1. The third-order valence-electron chi connectivity index (χ3n) is 5.67. The van der Waals surface area contributed by atoms with Gasteiger partial charge in [0.25, 0.3) is 0 Å². The van der Waals surface area contributed by atoms with Gasteiger partial charge in [-0.3, -0.25) is 0 Å². The van der Waals surface area contributed by atoms with E-state index in [2.05, 4.69) is 25.8 Å². The number of fused-ring (bicyclic) bond motifs is 2. The van der Waals surface area contributed by atoms with Crippen molar-refractivity contribution in [1.82, 2.24) is 4.90 Å². The van der Waals surface area contributed by atoms with Crippen LogP contribution in [0.1, 0.15) is 33.1 Å². The first-order chi connectivity index (χ1) is 10.5. The molecule has 2 unspecified atom stereocenters. The highest BCUT2D eigenvalue weighted by Gasteiger charge is 2.46. The molecule has 2 bridgehead atoms. The maximum Gasteiger partial charge on any atom is 0.120 e. The summed E-state index contributed by atoms with van der Waals surface area (Å²) < 4.78 is 6.09. The molecule has 0 aromatic heterocycles. The van der Waals surface area contributed by atoms with Crippen LogP contribution >= 0.6 is 23.2 Å². The van der Waals surface area contributed by atoms with E-state index >= 15 is 0 Å². The van der Waals surface area contributed by atoms with E-state index in [1.54, 1.807) is 6.07 Å². The Labute approximate surface area is 143 Å². The zero-order chi connectivity index (χ0) is 15.9. The summed E-state index contributed by atoms with van der Waals surface area (Å²) in [5, 5.41) is 1.13. The van der Waals surface area contributed by atoms with Gasteiger partial charge in [-0.1, -0.05) is 37.0 Å². The van der Waals surface area contributed by atoms with E-state index < -0.39 is 0 Å². The normalized spacial score (nSPS) is 31.7. The van der Waals surface area contributed by atoms with Gasteiger partial charge in [-0.05, 0) is 50.3 Å². The Kier molecular flexibility index (Phi) is 4.92. The lowest BCUT2D eigenvalue weighted by atomic mass is 9.74. The highest BCUT2D eigenvalue weighted by Crippen LogP contribution is 2.44. The second-order valence-electron chi connectivity index (χ2n) is 7.16. The van der Waals surface area contributed by atoms with Crippen molar-refractivity contribution in [3.8, 4) is 5.75 Å². The fourth-order valence-electron chi connectivity index (χ4n) is 4.38. The highest BCUT2D eigenvalue weighted by atomic mass is 35.5. The van der Waals surface area contributed by atoms with E-state index in [4.69, 9.17) is 27.9 Å². The molecule has 1 aromatic rings. The van der Waals surface area contributed by atoms with Crippen molar-refractivity contribution >= 4 is 23.2 Å². The minimum absolute atomic E-state index is 0.557. The summed E-state index contributed by atoms with van der Waals surface area (Å²) in [6, 6.07) is 6.96. The first kappa shape index (κ1) is 16.4. The van der Waals surface area contributed by atoms with Crippen molar-refractivity contribution in [2.24, 2.45) is 17.8 Å². The molecule has 0 saturated carbocycles. The molecule has 4 heteroatoms. The van der Waals surface area contributed by atoms with Crippen molar-refractivity contribution in [3.63, 3.8) is 0 Å². The van der Waals surface area contributed by atoms with Gasteiger partial charge in [0, 0.05) is 24.1 Å². The minimum Gasteiger partial charge on any atom is -0.493 e. The fraction of sp³-hybridized carbons (Fsp3) is 0.667. The molecular formula is C18H25Cl2NO. The standard InChI is InChI=1S/C18H25Cl2NO/c1-11(2)14-8-12-4-7-18(21(12)3)15(14)10-22-13-5-6-16(19)17(20)9-13/h5-6,9,11-12,14-15,18H,4,7-8,10H2,1-3H3/t12?,14-,15+,18?/m0/s1. The molecule has 22 heavy (non-hydrogen) atoms. The van der Waals surface area contributed by atoms with Crippen LogP contribution in [-0.2, 0) is 0 Å². The molecule has 2 fully saturated rings. The smallest absolute Gasteiger partial charge is 0.120 e. The number of halogens is 2. The van der Waals surface area contributed by atoms with Crippen molar-refractivity contribution in [1.29, 1.82) is 0 Å². The van der Waals surface area contributed by atoms with Gasteiger partial charge in [-0.25, -0.2) is 0 Å². The van der Waals surface area contributed by atoms with Crippen LogP contribution in [0, 0.1) is 17.8 Å². The zero-order valence-electron chi connectivity index (χ0n) is 13.6. The van der Waals surface area contributed by atoms with Gasteiger partial charge in [0.2, 0.25) is 0 Å². The molecule has 4 atom stereocenters. The molecule has 2 aliphatic rings. The summed E-state index contributed by atoms with van der Waals surface area (Å²) >= 11 is 12.1. The molecule has 3 rings (SSSR count). The Bertz CT molecular complexity index is 534. The quantitative estimate of drug-likeness (QED) is 0.752. The van der Waals surface area contributed by atoms with Crippen molar-refractivity contribution in [3.05, 3.63) is 28.2 Å². The number of rotatable bonds is 4. The van der Waals surface area contributed by atoms with E-state index in [0.29, 0.717) is 27.9 Å². The molecule has 2 nitrogen and oxygen atoms in total. The topological polar surface area (TPSA) is 12.5 Å². The molecule has 0 amide bonds. The Morgan fingerprint density at radius 1 is 1.23 bits per heavy atom. The summed E-state index contributed by atoms with van der Waals surface area (Å²) in [4.78, 5) is 2.59. The Morgan fingerprint density at radius 3 is 2.68 bits per heavy atom. The van der Waals surface area contributed by atoms with Crippen molar-refractivity contribution < 1.29 is 4.74 Å². The molecule has 0 aliphatic carbocycles. The monoisotopic (exact) mass is 341 g/mol. The van der Waals surface area contributed by atoms with Gasteiger partial charge in [0.05, 0.1) is 16.7 Å². The highest BCUT2D eigenvalue weighted by molar-refractivity contribution is 6.42. The van der Waals surface area contributed by atoms with Crippen LogP contribution < -0.4 is 4.74 Å². The van der Waals surface area contributed by atoms with Crippen LogP contribution in [0.25, 0.3) is 0 Å². The van der Waals surface area contributed by atoms with Crippen LogP contribution in [0.3, 0.4) is 0 Å². The second-order valence-corrected chi connectivity index (χ2v) is 7.97. The molecule has 2 saturated heterocycles. The first-order valence-corrected chi connectivity index (χ1v) is 9.02. The van der Waals surface area contributed by atoms with E-state index in [0.717, 1.165) is 24.3 Å². The van der Waals surface area contributed by atoms with Gasteiger partial charge in [0.1, 0.15) is 5.75 Å². The number of hydrogen-bond donors (Lipinski definition) is 0. The average molecular weight is 342 g/mol. The fourth-order valence-corrected chi connectivity index (χ4v) is 4.66. The van der Waals surface area contributed by atoms with E-state index in [-0.39, 0.29) is 0 Å². The van der Waals surface area contributed by atoms with Crippen LogP contribution in [0.2, 0.25) is 10.0 Å². The van der Waals surface area contributed by atoms with Crippen molar-refractivity contribution in [2.45, 2.75) is 45.2 Å². The maximum atomic E-state index is 6.09. The maximum absolute atomic E-state index is 6.09. The average Bonchev–Trinajstić information content (AvgIpc) is 2.72. The predicted molar refractivity (Wildman–Crippen MR) is 93.0 cm³/mol. The summed E-state index contributed by atoms with van der Waals surface area (Å²) in [6.07, 6.45) is 3.95. The van der Waals surface area contributed by atoms with Gasteiger partial charge < -0.3 is 9.64 Å². The molecule has 0 radical (unpaired) electrons. The van der Waals surface area contributed by atoms with E-state index in [1.807, 2.05) is 12.1 Å². The Hall–Kier alpha value is -0.440. The van der Waals surface area contributed by atoms with Gasteiger partial charge >= 0.3 is 0 Å². The summed E-state index contributed by atoms with van der Waals surface area (Å²) in [5.41, 5.74) is 0. The molecule has 122 valence electrons. The number of benzene rings is 1. The lowest BCUT2D eigenvalue weighted by Crippen LogP contribution is -2.49. The summed E-state index contributed by atoms with van der Waals surface area (Å²) in [5.74, 6) is 2.87. The zero-order valence-corrected chi connectivity index (χ0v) is 15.1. The molecule has 2 heterocycles. The lowest BCUT2D eigenvalue weighted by Gasteiger charge is -2.44. The third kappa shape index (κ3) is 3.11. The van der Waals surface area contributed by atoms with Gasteiger partial charge in [0.15, 0.2) is 0 Å². The first-order valence-electron chi connectivity index (χ1n) is 8.27. The number of hydrogen-bond acceptors (Lipinski definition) is 2. The SMILES string of the molecule is CC(C)[C@@H]1CC2CCC([C@@H]1COc1ccc(Cl)c(Cl)c1)N2C. The minimum atomic E-state index is 0.557. The Balaban J connectivity index is 1.72. The number of ether oxygens (including phenoxy) is 1. The second kappa shape index (κ2) is 6.59. The van der Waals surface area contributed by atoms with Crippen molar-refractivity contribution in [2.75, 3.05) is 13.7 Å². The molecule has 0 spiro atoms.